The van der Waals surface area contributed by atoms with Gasteiger partial charge in [-0.2, -0.15) is 0 Å². The van der Waals surface area contributed by atoms with E-state index in [0.717, 1.165) is 0 Å². The van der Waals surface area contributed by atoms with E-state index in [9.17, 15) is 4.79 Å². The smallest absolute Gasteiger partial charge is 0.490 e. The van der Waals surface area contributed by atoms with Gasteiger partial charge in [0.2, 0.25) is 5.91 Å². The van der Waals surface area contributed by atoms with Gasteiger partial charge in [0.05, 0.1) is 0 Å². The van der Waals surface area contributed by atoms with Gasteiger partial charge in [0, 0.05) is 18.1 Å². The minimum atomic E-state index is -1.73. The van der Waals surface area contributed by atoms with Crippen molar-refractivity contribution in [3.63, 3.8) is 0 Å². The number of anilines is 1. The van der Waals surface area contributed by atoms with Crippen LogP contribution in [0.4, 0.5) is 5.69 Å². The van der Waals surface area contributed by atoms with Gasteiger partial charge in [-0.3, -0.25) is 4.79 Å². The van der Waals surface area contributed by atoms with Crippen LogP contribution in [0, 0.1) is 0 Å². The van der Waals surface area contributed by atoms with Crippen molar-refractivity contribution in [1.29, 1.82) is 0 Å². The SMILES string of the molecule is CC(=O)Nc1ccc(O)cc1B(O)O. The molecule has 0 atom stereocenters. The highest BCUT2D eigenvalue weighted by atomic mass is 16.4. The van der Waals surface area contributed by atoms with E-state index in [1.807, 2.05) is 0 Å². The topological polar surface area (TPSA) is 89.8 Å². The molecule has 4 N–H and O–H groups in total. The molecule has 1 amide bonds. The Morgan fingerprint density at radius 2 is 2.07 bits per heavy atom. The van der Waals surface area contributed by atoms with Crippen molar-refractivity contribution < 1.29 is 19.9 Å². The van der Waals surface area contributed by atoms with Crippen molar-refractivity contribution in [3.8, 4) is 5.75 Å². The number of nitrogens with one attached hydrogen (secondary N) is 1. The second kappa shape index (κ2) is 4.12. The molecule has 6 heteroatoms. The molecule has 1 aromatic carbocycles. The Morgan fingerprint density at radius 3 is 2.57 bits per heavy atom. The van der Waals surface area contributed by atoms with Crippen LogP contribution in [0.15, 0.2) is 18.2 Å². The lowest BCUT2D eigenvalue weighted by Gasteiger charge is -2.09. The summed E-state index contributed by atoms with van der Waals surface area (Å²) >= 11 is 0. The summed E-state index contributed by atoms with van der Waals surface area (Å²) in [5, 5.41) is 29.4. The van der Waals surface area contributed by atoms with Gasteiger partial charge in [0.15, 0.2) is 0 Å². The zero-order chi connectivity index (χ0) is 10.7. The van der Waals surface area contributed by atoms with Crippen molar-refractivity contribution in [3.05, 3.63) is 18.2 Å². The molecule has 0 heterocycles. The molecular weight excluding hydrogens is 185 g/mol. The minimum Gasteiger partial charge on any atom is -0.508 e. The molecule has 1 aromatic rings. The molecule has 0 saturated heterocycles. The maximum atomic E-state index is 10.7. The molecule has 0 aliphatic rings. The van der Waals surface area contributed by atoms with Gasteiger partial charge < -0.3 is 20.5 Å². The number of carbonyl (C=O) groups is 1. The average Bonchev–Trinajstić information content (AvgIpc) is 2.07. The maximum absolute atomic E-state index is 10.7. The monoisotopic (exact) mass is 195 g/mol. The third kappa shape index (κ3) is 2.48. The Morgan fingerprint density at radius 1 is 1.43 bits per heavy atom. The van der Waals surface area contributed by atoms with Crippen LogP contribution in [0.25, 0.3) is 0 Å². The molecule has 0 radical (unpaired) electrons. The Labute approximate surface area is 81.1 Å². The van der Waals surface area contributed by atoms with E-state index >= 15 is 0 Å². The number of phenols is 1. The zero-order valence-electron chi connectivity index (χ0n) is 7.56. The second-order valence-electron chi connectivity index (χ2n) is 2.83. The van der Waals surface area contributed by atoms with Gasteiger partial charge in [-0.05, 0) is 18.2 Å². The van der Waals surface area contributed by atoms with Crippen LogP contribution in [0.2, 0.25) is 0 Å². The number of rotatable bonds is 2. The van der Waals surface area contributed by atoms with Crippen molar-refractivity contribution in [2.75, 3.05) is 5.32 Å². The maximum Gasteiger partial charge on any atom is 0.490 e. The Balaban J connectivity index is 3.08. The van der Waals surface area contributed by atoms with E-state index < -0.39 is 7.12 Å². The first kappa shape index (κ1) is 10.6. The number of amides is 1. The lowest BCUT2D eigenvalue weighted by atomic mass is 9.79. The molecule has 0 aliphatic carbocycles. The van der Waals surface area contributed by atoms with E-state index in [-0.39, 0.29) is 22.8 Å². The molecule has 14 heavy (non-hydrogen) atoms. The highest BCUT2D eigenvalue weighted by molar-refractivity contribution is 6.60. The molecular formula is C8H10BNO4. The normalized spacial score (nSPS) is 9.64. The zero-order valence-corrected chi connectivity index (χ0v) is 7.56. The number of hydrogen-bond acceptors (Lipinski definition) is 4. The van der Waals surface area contributed by atoms with Gasteiger partial charge in [0.1, 0.15) is 5.75 Å². The molecule has 0 aliphatic heterocycles. The van der Waals surface area contributed by atoms with Crippen molar-refractivity contribution in [1.82, 2.24) is 0 Å². The largest absolute Gasteiger partial charge is 0.508 e. The predicted octanol–water partition coefficient (Wildman–Crippen LogP) is -0.970. The fourth-order valence-electron chi connectivity index (χ4n) is 1.07. The third-order valence-corrected chi connectivity index (χ3v) is 1.62. The van der Waals surface area contributed by atoms with Crippen molar-refractivity contribution >= 4 is 24.2 Å². The second-order valence-corrected chi connectivity index (χ2v) is 2.83. The highest BCUT2D eigenvalue weighted by Crippen LogP contribution is 2.12. The van der Waals surface area contributed by atoms with Gasteiger partial charge in [0.25, 0.3) is 0 Å². The quantitative estimate of drug-likeness (QED) is 0.361. The number of aromatic hydroxyl groups is 1. The summed E-state index contributed by atoms with van der Waals surface area (Å²) in [6, 6.07) is 3.92. The number of phenolic OH excluding ortho intramolecular Hbond substituents is 1. The van der Waals surface area contributed by atoms with Crippen LogP contribution in [0.5, 0.6) is 5.75 Å². The van der Waals surface area contributed by atoms with Gasteiger partial charge in [-0.1, -0.05) is 0 Å². The number of carbonyl (C=O) groups excluding carboxylic acids is 1. The molecule has 0 aromatic heterocycles. The number of hydrogen-bond donors (Lipinski definition) is 4. The lowest BCUT2D eigenvalue weighted by molar-refractivity contribution is -0.114. The first-order valence-electron chi connectivity index (χ1n) is 3.97. The summed E-state index contributed by atoms with van der Waals surface area (Å²) in [5.74, 6) is -0.417. The van der Waals surface area contributed by atoms with Gasteiger partial charge in [-0.25, -0.2) is 0 Å². The van der Waals surface area contributed by atoms with E-state index in [4.69, 9.17) is 15.2 Å². The summed E-state index contributed by atoms with van der Waals surface area (Å²) in [5.41, 5.74) is 0.325. The molecule has 1 rings (SSSR count). The van der Waals surface area contributed by atoms with Gasteiger partial charge >= 0.3 is 7.12 Å². The van der Waals surface area contributed by atoms with Crippen LogP contribution in [-0.4, -0.2) is 28.2 Å². The third-order valence-electron chi connectivity index (χ3n) is 1.62. The van der Waals surface area contributed by atoms with E-state index in [1.165, 1.54) is 25.1 Å². The standard InChI is InChI=1S/C8H10BNO4/c1-5(11)10-8-3-2-6(12)4-7(8)9(13)14/h2-4,12-14H,1H3,(H,10,11). The van der Waals surface area contributed by atoms with Crippen LogP contribution < -0.4 is 10.8 Å². The molecule has 0 saturated carbocycles. The molecule has 5 nitrogen and oxygen atoms in total. The van der Waals surface area contributed by atoms with Crippen LogP contribution >= 0.6 is 0 Å². The lowest BCUT2D eigenvalue weighted by Crippen LogP contribution is -2.33. The predicted molar refractivity (Wildman–Crippen MR) is 52.2 cm³/mol. The summed E-state index contributed by atoms with van der Waals surface area (Å²) in [6.45, 7) is 1.31. The Kier molecular flexibility index (Phi) is 3.11. The van der Waals surface area contributed by atoms with Crippen LogP contribution in [0.3, 0.4) is 0 Å². The van der Waals surface area contributed by atoms with E-state index in [0.29, 0.717) is 0 Å². The molecule has 0 unspecified atom stereocenters. The van der Waals surface area contributed by atoms with E-state index in [2.05, 4.69) is 5.32 Å². The van der Waals surface area contributed by atoms with Crippen LogP contribution in [-0.2, 0) is 4.79 Å². The average molecular weight is 195 g/mol. The summed E-state index contributed by atoms with van der Waals surface area (Å²) in [4.78, 5) is 10.7. The van der Waals surface area contributed by atoms with E-state index in [1.54, 1.807) is 0 Å². The molecule has 0 fully saturated rings. The summed E-state index contributed by atoms with van der Waals surface area (Å²) < 4.78 is 0. The first-order chi connectivity index (χ1) is 6.50. The molecule has 0 bridgehead atoms. The van der Waals surface area contributed by atoms with Crippen molar-refractivity contribution in [2.24, 2.45) is 0 Å². The first-order valence-corrected chi connectivity index (χ1v) is 3.97. The van der Waals surface area contributed by atoms with Gasteiger partial charge in [-0.15, -0.1) is 0 Å². The molecule has 74 valence electrons. The summed E-state index contributed by atoms with van der Waals surface area (Å²) in [6.07, 6.45) is 0. The fourth-order valence-corrected chi connectivity index (χ4v) is 1.07. The Bertz CT molecular complexity index is 353. The minimum absolute atomic E-state index is 0.0557. The van der Waals surface area contributed by atoms with Crippen LogP contribution in [0.1, 0.15) is 6.92 Å². The van der Waals surface area contributed by atoms with Crippen molar-refractivity contribution in [2.45, 2.75) is 6.92 Å². The number of benzene rings is 1. The molecule has 0 spiro atoms. The summed E-state index contributed by atoms with van der Waals surface area (Å²) in [7, 11) is -1.73. The Hall–Kier alpha value is -1.53. The highest BCUT2D eigenvalue weighted by Gasteiger charge is 2.17. The fraction of sp³-hybridized carbons (Fsp3) is 0.125.